The lowest BCUT2D eigenvalue weighted by Crippen LogP contribution is -2.18. The van der Waals surface area contributed by atoms with E-state index in [4.69, 9.17) is 4.74 Å². The van der Waals surface area contributed by atoms with Gasteiger partial charge in [-0.3, -0.25) is 0 Å². The van der Waals surface area contributed by atoms with Crippen LogP contribution in [-0.2, 0) is 4.74 Å². The van der Waals surface area contributed by atoms with Crippen LogP contribution in [0.15, 0.2) is 48.6 Å². The van der Waals surface area contributed by atoms with E-state index in [1.165, 1.54) is 148 Å². The van der Waals surface area contributed by atoms with Crippen molar-refractivity contribution in [2.75, 3.05) is 27.2 Å². The average Bonchev–Trinajstić information content (AvgIpc) is 3.00. The highest BCUT2D eigenvalue weighted by molar-refractivity contribution is 4.93. The Labute approximate surface area is 271 Å². The third-order valence-corrected chi connectivity index (χ3v) is 8.31. The van der Waals surface area contributed by atoms with Crippen LogP contribution in [0.4, 0.5) is 0 Å². The smallest absolute Gasteiger partial charge is 0.0575 e. The SMILES string of the molecule is CCCC/C=C/C/C=C/CCCCCCCCC(CCCCCCCC/C=C/C/C=C/CCCCC)OCCCN(C)C. The van der Waals surface area contributed by atoms with Crippen molar-refractivity contribution in [2.24, 2.45) is 0 Å². The summed E-state index contributed by atoms with van der Waals surface area (Å²) in [4.78, 5) is 2.27. The highest BCUT2D eigenvalue weighted by Gasteiger charge is 2.09. The molecule has 1 unspecified atom stereocenters. The molecule has 0 aromatic heterocycles. The molecule has 0 aromatic rings. The van der Waals surface area contributed by atoms with Gasteiger partial charge in [-0.1, -0.05) is 152 Å². The molecule has 0 radical (unpaired) electrons. The third-order valence-electron chi connectivity index (χ3n) is 8.31. The summed E-state index contributed by atoms with van der Waals surface area (Å²) in [5.41, 5.74) is 0. The summed E-state index contributed by atoms with van der Waals surface area (Å²) in [6.45, 7) is 6.58. The Morgan fingerprint density at radius 2 is 0.837 bits per heavy atom. The number of hydrogen-bond donors (Lipinski definition) is 0. The number of allylic oxidation sites excluding steroid dienone is 8. The fourth-order valence-corrected chi connectivity index (χ4v) is 5.47. The molecule has 0 aliphatic carbocycles. The monoisotopic (exact) mass is 600 g/mol. The van der Waals surface area contributed by atoms with Crippen LogP contribution in [0.1, 0.15) is 181 Å². The van der Waals surface area contributed by atoms with Gasteiger partial charge in [0.15, 0.2) is 0 Å². The second-order valence-electron chi connectivity index (χ2n) is 13.0. The molecule has 2 heteroatoms. The minimum Gasteiger partial charge on any atom is -0.378 e. The molecule has 0 aromatic carbocycles. The number of ether oxygens (including phenoxy) is 1. The Hall–Kier alpha value is -1.12. The van der Waals surface area contributed by atoms with Gasteiger partial charge in [-0.15, -0.1) is 0 Å². The van der Waals surface area contributed by atoms with E-state index in [2.05, 4.69) is 81.5 Å². The molecule has 0 aliphatic heterocycles. The molecule has 0 saturated heterocycles. The molecule has 0 spiro atoms. The summed E-state index contributed by atoms with van der Waals surface area (Å²) in [5, 5.41) is 0. The van der Waals surface area contributed by atoms with Gasteiger partial charge in [0.05, 0.1) is 6.10 Å². The molecule has 0 rings (SSSR count). The van der Waals surface area contributed by atoms with Gasteiger partial charge in [-0.2, -0.15) is 0 Å². The van der Waals surface area contributed by atoms with E-state index in [1.54, 1.807) is 0 Å². The normalized spacial score (nSPS) is 13.2. The summed E-state index contributed by atoms with van der Waals surface area (Å²) < 4.78 is 6.38. The van der Waals surface area contributed by atoms with Crippen LogP contribution in [0.3, 0.4) is 0 Å². The van der Waals surface area contributed by atoms with E-state index < -0.39 is 0 Å². The summed E-state index contributed by atoms with van der Waals surface area (Å²) in [7, 11) is 4.32. The summed E-state index contributed by atoms with van der Waals surface area (Å²) in [5.74, 6) is 0. The Balaban J connectivity index is 3.84. The number of nitrogens with zero attached hydrogens (tertiary/aromatic N) is 1. The Morgan fingerprint density at radius 1 is 0.442 bits per heavy atom. The molecule has 0 fully saturated rings. The highest BCUT2D eigenvalue weighted by Crippen LogP contribution is 2.18. The van der Waals surface area contributed by atoms with Crippen molar-refractivity contribution in [1.82, 2.24) is 4.90 Å². The third kappa shape index (κ3) is 37.0. The molecule has 43 heavy (non-hydrogen) atoms. The minimum atomic E-state index is 0.481. The lowest BCUT2D eigenvalue weighted by molar-refractivity contribution is 0.0342. The van der Waals surface area contributed by atoms with E-state index in [1.807, 2.05) is 0 Å². The van der Waals surface area contributed by atoms with Crippen molar-refractivity contribution in [2.45, 2.75) is 187 Å². The highest BCUT2D eigenvalue weighted by atomic mass is 16.5. The van der Waals surface area contributed by atoms with Crippen LogP contribution in [-0.4, -0.2) is 38.3 Å². The van der Waals surface area contributed by atoms with E-state index in [0.29, 0.717) is 6.10 Å². The average molecular weight is 600 g/mol. The Bertz CT molecular complexity index is 632. The number of unbranched alkanes of at least 4 members (excludes halogenated alkanes) is 17. The van der Waals surface area contributed by atoms with E-state index >= 15 is 0 Å². The van der Waals surface area contributed by atoms with Crippen LogP contribution >= 0.6 is 0 Å². The topological polar surface area (TPSA) is 12.5 Å². The number of rotatable bonds is 34. The maximum atomic E-state index is 6.38. The lowest BCUT2D eigenvalue weighted by Gasteiger charge is -2.19. The van der Waals surface area contributed by atoms with Gasteiger partial charge < -0.3 is 9.64 Å². The van der Waals surface area contributed by atoms with Crippen LogP contribution < -0.4 is 0 Å². The lowest BCUT2D eigenvalue weighted by atomic mass is 10.0. The fourth-order valence-electron chi connectivity index (χ4n) is 5.47. The molecular weight excluding hydrogens is 522 g/mol. The summed E-state index contributed by atoms with van der Waals surface area (Å²) in [6, 6.07) is 0. The predicted octanol–water partition coefficient (Wildman–Crippen LogP) is 13.3. The number of hydrogen-bond acceptors (Lipinski definition) is 2. The molecular formula is C41H77NO. The molecule has 1 atom stereocenters. The first-order valence-corrected chi connectivity index (χ1v) is 19.1. The molecule has 0 bridgehead atoms. The maximum absolute atomic E-state index is 6.38. The van der Waals surface area contributed by atoms with Crippen LogP contribution in [0.25, 0.3) is 0 Å². The van der Waals surface area contributed by atoms with Crippen molar-refractivity contribution in [1.29, 1.82) is 0 Å². The van der Waals surface area contributed by atoms with Gasteiger partial charge in [-0.25, -0.2) is 0 Å². The van der Waals surface area contributed by atoms with Gasteiger partial charge >= 0.3 is 0 Å². The first-order valence-electron chi connectivity index (χ1n) is 19.1. The van der Waals surface area contributed by atoms with Crippen molar-refractivity contribution >= 4 is 0 Å². The van der Waals surface area contributed by atoms with Gasteiger partial charge in [-0.05, 0) is 97.7 Å². The van der Waals surface area contributed by atoms with E-state index in [-0.39, 0.29) is 0 Å². The van der Waals surface area contributed by atoms with Gasteiger partial charge in [0.1, 0.15) is 0 Å². The van der Waals surface area contributed by atoms with Crippen molar-refractivity contribution in [3.63, 3.8) is 0 Å². The summed E-state index contributed by atoms with van der Waals surface area (Å²) >= 11 is 0. The molecule has 0 N–H and O–H groups in total. The van der Waals surface area contributed by atoms with Gasteiger partial charge in [0.2, 0.25) is 0 Å². The zero-order valence-electron chi connectivity index (χ0n) is 29.9. The molecule has 0 aliphatic rings. The second kappa shape index (κ2) is 37.1. The first-order chi connectivity index (χ1) is 21.2. The fraction of sp³-hybridized carbons (Fsp3) is 0.805. The zero-order chi connectivity index (χ0) is 31.3. The predicted molar refractivity (Wildman–Crippen MR) is 196 cm³/mol. The Kier molecular flexibility index (Phi) is 36.1. The van der Waals surface area contributed by atoms with Crippen LogP contribution in [0, 0.1) is 0 Å². The van der Waals surface area contributed by atoms with E-state index in [9.17, 15) is 0 Å². The minimum absolute atomic E-state index is 0.481. The standard InChI is InChI=1S/C41H77NO/c1-5-7-9-11-13-15-17-19-21-23-25-27-29-31-33-35-38-41(43-40-36-39-42(3)4)37-34-32-30-28-26-24-22-20-18-16-14-12-10-8-6-2/h12-15,18-21,41H,5-11,16-17,22-40H2,1-4H3/b14-12+,15-13+,20-18+,21-19+. The van der Waals surface area contributed by atoms with Gasteiger partial charge in [0.25, 0.3) is 0 Å². The first kappa shape index (κ1) is 41.9. The quantitative estimate of drug-likeness (QED) is 0.0539. The molecule has 2 nitrogen and oxygen atoms in total. The Morgan fingerprint density at radius 3 is 1.28 bits per heavy atom. The van der Waals surface area contributed by atoms with E-state index in [0.717, 1.165) is 32.4 Å². The molecule has 252 valence electrons. The van der Waals surface area contributed by atoms with Crippen molar-refractivity contribution < 1.29 is 4.74 Å². The maximum Gasteiger partial charge on any atom is 0.0575 e. The molecule has 0 saturated carbocycles. The zero-order valence-corrected chi connectivity index (χ0v) is 29.9. The van der Waals surface area contributed by atoms with Crippen molar-refractivity contribution in [3.05, 3.63) is 48.6 Å². The van der Waals surface area contributed by atoms with Crippen LogP contribution in [0.2, 0.25) is 0 Å². The van der Waals surface area contributed by atoms with Gasteiger partial charge in [0, 0.05) is 6.61 Å². The summed E-state index contributed by atoms with van der Waals surface area (Å²) in [6.07, 6.45) is 53.3. The van der Waals surface area contributed by atoms with Crippen molar-refractivity contribution in [3.8, 4) is 0 Å². The van der Waals surface area contributed by atoms with Crippen LogP contribution in [0.5, 0.6) is 0 Å². The molecule has 0 heterocycles. The molecule has 0 amide bonds. The largest absolute Gasteiger partial charge is 0.378 e. The second-order valence-corrected chi connectivity index (χ2v) is 13.0.